The fourth-order valence-corrected chi connectivity index (χ4v) is 3.94. The highest BCUT2D eigenvalue weighted by atomic mass is 35.5. The van der Waals surface area contributed by atoms with Gasteiger partial charge in [0.1, 0.15) is 5.84 Å². The van der Waals surface area contributed by atoms with Crippen LogP contribution in [0.1, 0.15) is 30.9 Å². The van der Waals surface area contributed by atoms with E-state index in [-0.39, 0.29) is 0 Å². The van der Waals surface area contributed by atoms with E-state index in [9.17, 15) is 0 Å². The molecular weight excluding hydrogens is 344 g/mol. The molecule has 2 heterocycles. The monoisotopic (exact) mass is 368 g/mol. The van der Waals surface area contributed by atoms with Gasteiger partial charge in [-0.3, -0.25) is 0 Å². The lowest BCUT2D eigenvalue weighted by Crippen LogP contribution is -2.52. The van der Waals surface area contributed by atoms with Gasteiger partial charge in [-0.2, -0.15) is 0 Å². The molecule has 2 aromatic carbocycles. The molecule has 1 atom stereocenters. The fraction of sp³-hybridized carbons (Fsp3) is 0.381. The van der Waals surface area contributed by atoms with Crippen LogP contribution in [-0.4, -0.2) is 36.4 Å². The van der Waals surface area contributed by atoms with Gasteiger partial charge in [0.2, 0.25) is 0 Å². The van der Waals surface area contributed by atoms with Crippen molar-refractivity contribution >= 4 is 34.5 Å². The van der Waals surface area contributed by atoms with E-state index in [1.807, 2.05) is 18.2 Å². The van der Waals surface area contributed by atoms with Crippen molar-refractivity contribution in [3.05, 3.63) is 52.5 Å². The van der Waals surface area contributed by atoms with Crippen LogP contribution < -0.4 is 10.6 Å². The van der Waals surface area contributed by atoms with Crippen molar-refractivity contribution in [2.45, 2.75) is 32.7 Å². The summed E-state index contributed by atoms with van der Waals surface area (Å²) >= 11 is 6.24. The Bertz CT molecular complexity index is 844. The predicted molar refractivity (Wildman–Crippen MR) is 110 cm³/mol. The van der Waals surface area contributed by atoms with E-state index in [4.69, 9.17) is 16.6 Å². The first-order valence-corrected chi connectivity index (χ1v) is 9.76. The highest BCUT2D eigenvalue weighted by Gasteiger charge is 2.26. The lowest BCUT2D eigenvalue weighted by atomic mass is 10.0. The number of nitrogens with zero attached hydrogens (tertiary/aromatic N) is 2. The second-order valence-electron chi connectivity index (χ2n) is 7.16. The predicted octanol–water partition coefficient (Wildman–Crippen LogP) is 4.86. The molecular formula is C21H25ClN4. The first-order chi connectivity index (χ1) is 12.6. The maximum Gasteiger partial charge on any atom is 0.138 e. The molecule has 136 valence electrons. The molecule has 2 aliphatic heterocycles. The van der Waals surface area contributed by atoms with E-state index < -0.39 is 0 Å². The largest absolute Gasteiger partial charge is 0.353 e. The van der Waals surface area contributed by atoms with E-state index in [0.717, 1.165) is 48.1 Å². The number of nitrogens with one attached hydrogen (secondary N) is 2. The van der Waals surface area contributed by atoms with Gasteiger partial charge in [-0.15, -0.1) is 0 Å². The number of benzene rings is 2. The van der Waals surface area contributed by atoms with Gasteiger partial charge in [0.15, 0.2) is 0 Å². The molecule has 0 spiro atoms. The Morgan fingerprint density at radius 1 is 1.19 bits per heavy atom. The lowest BCUT2D eigenvalue weighted by molar-refractivity contribution is 0.281. The number of amidine groups is 1. The van der Waals surface area contributed by atoms with Crippen LogP contribution >= 0.6 is 11.6 Å². The van der Waals surface area contributed by atoms with Crippen LogP contribution in [0.5, 0.6) is 0 Å². The zero-order chi connectivity index (χ0) is 18.1. The van der Waals surface area contributed by atoms with Crippen LogP contribution in [0.2, 0.25) is 5.02 Å². The molecule has 0 saturated carbocycles. The van der Waals surface area contributed by atoms with Crippen molar-refractivity contribution < 1.29 is 0 Å². The Morgan fingerprint density at radius 2 is 2.04 bits per heavy atom. The summed E-state index contributed by atoms with van der Waals surface area (Å²) in [6.45, 7) is 7.30. The van der Waals surface area contributed by atoms with Crippen LogP contribution in [0.4, 0.5) is 17.1 Å². The van der Waals surface area contributed by atoms with Crippen molar-refractivity contribution in [1.29, 1.82) is 0 Å². The van der Waals surface area contributed by atoms with Crippen molar-refractivity contribution in [2.75, 3.05) is 25.0 Å². The van der Waals surface area contributed by atoms with Gasteiger partial charge in [0, 0.05) is 41.9 Å². The third-order valence-electron chi connectivity index (χ3n) is 5.06. The van der Waals surface area contributed by atoms with Gasteiger partial charge < -0.3 is 15.5 Å². The maximum absolute atomic E-state index is 6.24. The molecule has 2 N–H and O–H groups in total. The quantitative estimate of drug-likeness (QED) is 0.795. The summed E-state index contributed by atoms with van der Waals surface area (Å²) in [5, 5.41) is 7.89. The molecule has 4 nitrogen and oxygen atoms in total. The van der Waals surface area contributed by atoms with E-state index in [2.05, 4.69) is 47.6 Å². The molecule has 0 bridgehead atoms. The van der Waals surface area contributed by atoms with Gasteiger partial charge in [0.05, 0.1) is 11.4 Å². The van der Waals surface area contributed by atoms with E-state index >= 15 is 0 Å². The minimum absolute atomic E-state index is 0.514. The summed E-state index contributed by atoms with van der Waals surface area (Å²) in [4.78, 5) is 7.49. The smallest absolute Gasteiger partial charge is 0.138 e. The number of halogens is 1. The molecule has 0 radical (unpaired) electrons. The van der Waals surface area contributed by atoms with Gasteiger partial charge in [-0.05, 0) is 43.7 Å². The van der Waals surface area contributed by atoms with E-state index in [1.54, 1.807) is 0 Å². The average Bonchev–Trinajstić information content (AvgIpc) is 2.78. The Hall–Kier alpha value is -2.04. The number of aryl methyl sites for hydroxylation is 1. The minimum Gasteiger partial charge on any atom is -0.353 e. The summed E-state index contributed by atoms with van der Waals surface area (Å²) in [5.41, 5.74) is 5.39. The van der Waals surface area contributed by atoms with E-state index in [0.29, 0.717) is 11.1 Å². The number of piperazine rings is 1. The number of aliphatic imine (C=N–C) groups is 1. The number of rotatable bonds is 2. The summed E-state index contributed by atoms with van der Waals surface area (Å²) < 4.78 is 0. The van der Waals surface area contributed by atoms with Crippen molar-refractivity contribution in [3.8, 4) is 0 Å². The molecule has 2 aliphatic rings. The van der Waals surface area contributed by atoms with Crippen molar-refractivity contribution in [3.63, 3.8) is 0 Å². The Kier molecular flexibility index (Phi) is 4.88. The summed E-state index contributed by atoms with van der Waals surface area (Å²) in [6.07, 6.45) is 2.37. The van der Waals surface area contributed by atoms with Crippen LogP contribution in [0.25, 0.3) is 0 Å². The minimum atomic E-state index is 0.514. The van der Waals surface area contributed by atoms with Gasteiger partial charge >= 0.3 is 0 Å². The maximum atomic E-state index is 6.24. The second-order valence-corrected chi connectivity index (χ2v) is 7.59. The molecule has 0 aliphatic carbocycles. The highest BCUT2D eigenvalue weighted by molar-refractivity contribution is 6.31. The summed E-state index contributed by atoms with van der Waals surface area (Å²) in [5.74, 6) is 1.04. The fourth-order valence-electron chi connectivity index (χ4n) is 3.78. The molecule has 5 heteroatoms. The Morgan fingerprint density at radius 3 is 2.88 bits per heavy atom. The topological polar surface area (TPSA) is 39.7 Å². The van der Waals surface area contributed by atoms with Crippen LogP contribution in [0.15, 0.2) is 41.4 Å². The zero-order valence-corrected chi connectivity index (χ0v) is 16.1. The average molecular weight is 369 g/mol. The molecule has 0 aromatic heterocycles. The summed E-state index contributed by atoms with van der Waals surface area (Å²) in [6, 6.07) is 12.9. The normalized spacial score (nSPS) is 19.1. The molecule has 26 heavy (non-hydrogen) atoms. The first-order valence-electron chi connectivity index (χ1n) is 9.38. The van der Waals surface area contributed by atoms with Crippen LogP contribution in [0, 0.1) is 6.92 Å². The van der Waals surface area contributed by atoms with E-state index in [1.165, 1.54) is 18.4 Å². The van der Waals surface area contributed by atoms with Gasteiger partial charge in [0.25, 0.3) is 0 Å². The van der Waals surface area contributed by atoms with Crippen LogP contribution in [0.3, 0.4) is 0 Å². The third kappa shape index (κ3) is 3.44. The van der Waals surface area contributed by atoms with Crippen molar-refractivity contribution in [2.24, 2.45) is 4.99 Å². The molecule has 1 saturated heterocycles. The summed E-state index contributed by atoms with van der Waals surface area (Å²) in [7, 11) is 0. The number of fused-ring (bicyclic) bond motifs is 2. The zero-order valence-electron chi connectivity index (χ0n) is 15.3. The molecule has 4 rings (SSSR count). The van der Waals surface area contributed by atoms with Gasteiger partial charge in [-0.25, -0.2) is 4.99 Å². The molecule has 1 fully saturated rings. The molecule has 2 aromatic rings. The Balaban J connectivity index is 1.80. The first kappa shape index (κ1) is 17.4. The standard InChI is InChI=1S/C21H25ClN4/c1-3-4-16-13-26(10-9-23-16)21-17-11-14(2)5-7-18(17)24-19-8-6-15(22)12-20(19)25-21/h5-8,11-12,16,23-24H,3-4,9-10,13H2,1-2H3/t16-/m0/s1. The SMILES string of the molecule is CCC[C@H]1CN(C2=Nc3cc(Cl)ccc3Nc3ccc(C)cc32)CCN1. The lowest BCUT2D eigenvalue weighted by Gasteiger charge is -2.36. The third-order valence-corrected chi connectivity index (χ3v) is 5.30. The molecule has 0 amide bonds. The molecule has 0 unspecified atom stereocenters. The van der Waals surface area contributed by atoms with Crippen LogP contribution in [-0.2, 0) is 0 Å². The second kappa shape index (κ2) is 7.29. The number of hydrogen-bond donors (Lipinski definition) is 2. The number of anilines is 2. The van der Waals surface area contributed by atoms with Crippen molar-refractivity contribution in [1.82, 2.24) is 10.2 Å². The highest BCUT2D eigenvalue weighted by Crippen LogP contribution is 2.37. The Labute approximate surface area is 160 Å². The van der Waals surface area contributed by atoms with Gasteiger partial charge in [-0.1, -0.05) is 36.6 Å². The number of hydrogen-bond acceptors (Lipinski definition) is 4.